The van der Waals surface area contributed by atoms with Crippen LogP contribution in [0, 0.1) is 6.92 Å². The van der Waals surface area contributed by atoms with Crippen LogP contribution in [0.4, 0.5) is 4.79 Å². The lowest BCUT2D eigenvalue weighted by Gasteiger charge is -2.22. The molecule has 1 aromatic carbocycles. The summed E-state index contributed by atoms with van der Waals surface area (Å²) >= 11 is 3.49. The fraction of sp³-hybridized carbons (Fsp3) is 0.562. The molecule has 0 saturated carbocycles. The molecule has 1 amide bonds. The summed E-state index contributed by atoms with van der Waals surface area (Å²) in [7, 11) is 0. The highest BCUT2D eigenvalue weighted by Gasteiger charge is 2.17. The van der Waals surface area contributed by atoms with Gasteiger partial charge >= 0.3 is 6.09 Å². The molecular weight excluding hydrogens is 332 g/mol. The van der Waals surface area contributed by atoms with Crippen LogP contribution in [0.15, 0.2) is 22.7 Å². The van der Waals surface area contributed by atoms with Gasteiger partial charge < -0.3 is 15.4 Å². The van der Waals surface area contributed by atoms with Crippen molar-refractivity contribution in [3.05, 3.63) is 33.8 Å². The van der Waals surface area contributed by atoms with Crippen LogP contribution in [0.3, 0.4) is 0 Å². The summed E-state index contributed by atoms with van der Waals surface area (Å²) in [5.41, 5.74) is 1.97. The lowest BCUT2D eigenvalue weighted by Crippen LogP contribution is -2.42. The summed E-state index contributed by atoms with van der Waals surface area (Å²) in [6.07, 6.45) is -0.378. The van der Waals surface area contributed by atoms with E-state index in [1.165, 1.54) is 11.1 Å². The smallest absolute Gasteiger partial charge is 0.407 e. The number of halogens is 1. The Kier molecular flexibility index (Phi) is 6.68. The van der Waals surface area contributed by atoms with E-state index in [9.17, 15) is 4.79 Å². The molecule has 1 rings (SSSR count). The number of benzene rings is 1. The average molecular weight is 357 g/mol. The van der Waals surface area contributed by atoms with Gasteiger partial charge in [0.15, 0.2) is 0 Å². The molecule has 0 fully saturated rings. The van der Waals surface area contributed by atoms with Crippen LogP contribution in [-0.2, 0) is 11.3 Å². The normalized spacial score (nSPS) is 12.9. The number of hydrogen-bond acceptors (Lipinski definition) is 3. The van der Waals surface area contributed by atoms with Crippen molar-refractivity contribution in [1.29, 1.82) is 0 Å². The Morgan fingerprint density at radius 1 is 1.38 bits per heavy atom. The molecule has 1 aromatic rings. The minimum atomic E-state index is -0.466. The molecule has 0 spiro atoms. The molecule has 1 atom stereocenters. The predicted molar refractivity (Wildman–Crippen MR) is 89.4 cm³/mol. The molecule has 5 heteroatoms. The monoisotopic (exact) mass is 356 g/mol. The zero-order valence-corrected chi connectivity index (χ0v) is 15.0. The van der Waals surface area contributed by atoms with Gasteiger partial charge in [-0.15, -0.1) is 0 Å². The maximum Gasteiger partial charge on any atom is 0.407 e. The summed E-state index contributed by atoms with van der Waals surface area (Å²) in [6, 6.07) is 6.28. The number of ether oxygens (including phenoxy) is 1. The first-order valence-corrected chi connectivity index (χ1v) is 7.92. The molecule has 0 aliphatic carbocycles. The molecule has 0 saturated heterocycles. The molecule has 0 aliphatic heterocycles. The van der Waals surface area contributed by atoms with Crippen molar-refractivity contribution in [2.75, 3.05) is 6.54 Å². The maximum absolute atomic E-state index is 11.6. The Bertz CT molecular complexity index is 484. The molecule has 0 heterocycles. The van der Waals surface area contributed by atoms with Crippen LogP contribution in [0.25, 0.3) is 0 Å². The molecule has 118 valence electrons. The quantitative estimate of drug-likeness (QED) is 0.844. The zero-order chi connectivity index (χ0) is 16.0. The second-order valence-electron chi connectivity index (χ2n) is 6.26. The Hall–Kier alpha value is -1.07. The number of alkyl carbamates (subject to hydrolysis) is 1. The van der Waals surface area contributed by atoms with Crippen molar-refractivity contribution in [2.45, 2.75) is 52.8 Å². The second kappa shape index (κ2) is 7.80. The van der Waals surface area contributed by atoms with Gasteiger partial charge in [-0.3, -0.25) is 0 Å². The van der Waals surface area contributed by atoms with E-state index in [4.69, 9.17) is 4.74 Å². The minimum Gasteiger partial charge on any atom is -0.444 e. The van der Waals surface area contributed by atoms with Crippen molar-refractivity contribution in [1.82, 2.24) is 10.6 Å². The average Bonchev–Trinajstić information content (AvgIpc) is 2.31. The van der Waals surface area contributed by atoms with Crippen molar-refractivity contribution < 1.29 is 9.53 Å². The van der Waals surface area contributed by atoms with E-state index in [1.54, 1.807) is 0 Å². The third-order valence-electron chi connectivity index (χ3n) is 2.77. The van der Waals surface area contributed by atoms with Crippen molar-refractivity contribution in [2.24, 2.45) is 0 Å². The highest BCUT2D eigenvalue weighted by molar-refractivity contribution is 9.10. The first-order chi connectivity index (χ1) is 9.67. The van der Waals surface area contributed by atoms with E-state index in [0.717, 1.165) is 11.0 Å². The number of hydrogen-bond donors (Lipinski definition) is 2. The van der Waals surface area contributed by atoms with Crippen LogP contribution in [-0.4, -0.2) is 24.3 Å². The lowest BCUT2D eigenvalue weighted by atomic mass is 10.1. The van der Waals surface area contributed by atoms with Crippen LogP contribution in [0.5, 0.6) is 0 Å². The topological polar surface area (TPSA) is 50.4 Å². The summed E-state index contributed by atoms with van der Waals surface area (Å²) in [6.45, 7) is 11.0. The predicted octanol–water partition coefficient (Wildman–Crippen LogP) is 3.76. The molecule has 0 radical (unpaired) electrons. The summed E-state index contributed by atoms with van der Waals surface area (Å²) in [4.78, 5) is 11.6. The molecule has 1 unspecified atom stereocenters. The van der Waals surface area contributed by atoms with E-state index in [-0.39, 0.29) is 12.1 Å². The SMILES string of the molecule is Cc1cc(CNCC(C)NC(=O)OC(C)(C)C)ccc1Br. The first kappa shape index (κ1) is 18.0. The third-order valence-corrected chi connectivity index (χ3v) is 3.65. The lowest BCUT2D eigenvalue weighted by molar-refractivity contribution is 0.0508. The standard InChI is InChI=1S/C16H25BrN2O2/c1-11-8-13(6-7-14(11)17)10-18-9-12(2)19-15(20)21-16(3,4)5/h6-8,12,18H,9-10H2,1-5H3,(H,19,20). The summed E-state index contributed by atoms with van der Waals surface area (Å²) in [5.74, 6) is 0. The van der Waals surface area contributed by atoms with E-state index < -0.39 is 5.60 Å². The zero-order valence-electron chi connectivity index (χ0n) is 13.4. The van der Waals surface area contributed by atoms with Gasteiger partial charge in [0.25, 0.3) is 0 Å². The molecule has 0 bridgehead atoms. The van der Waals surface area contributed by atoms with E-state index in [1.807, 2.05) is 27.7 Å². The molecule has 0 aromatic heterocycles. The summed E-state index contributed by atoms with van der Waals surface area (Å²) in [5, 5.41) is 6.14. The van der Waals surface area contributed by atoms with Gasteiger partial charge in [0.1, 0.15) is 5.60 Å². The Labute approximate surface area is 135 Å². The van der Waals surface area contributed by atoms with Crippen LogP contribution in [0.2, 0.25) is 0 Å². The van der Waals surface area contributed by atoms with Gasteiger partial charge in [0.2, 0.25) is 0 Å². The number of amides is 1. The van der Waals surface area contributed by atoms with Crippen molar-refractivity contribution in [3.8, 4) is 0 Å². The number of carbonyl (C=O) groups excluding carboxylic acids is 1. The highest BCUT2D eigenvalue weighted by Crippen LogP contribution is 2.16. The van der Waals surface area contributed by atoms with Gasteiger partial charge in [-0.05, 0) is 51.8 Å². The molecule has 2 N–H and O–H groups in total. The van der Waals surface area contributed by atoms with E-state index in [0.29, 0.717) is 6.54 Å². The maximum atomic E-state index is 11.6. The molecule has 0 aliphatic rings. The Balaban J connectivity index is 2.31. The van der Waals surface area contributed by atoms with Crippen LogP contribution >= 0.6 is 15.9 Å². The molecular formula is C16H25BrN2O2. The van der Waals surface area contributed by atoms with Crippen LogP contribution < -0.4 is 10.6 Å². The van der Waals surface area contributed by atoms with Crippen LogP contribution in [0.1, 0.15) is 38.8 Å². The largest absolute Gasteiger partial charge is 0.444 e. The van der Waals surface area contributed by atoms with Gasteiger partial charge in [-0.25, -0.2) is 4.79 Å². The number of aryl methyl sites for hydroxylation is 1. The number of rotatable bonds is 5. The third kappa shape index (κ3) is 7.48. The number of carbonyl (C=O) groups is 1. The summed E-state index contributed by atoms with van der Waals surface area (Å²) < 4.78 is 6.34. The van der Waals surface area contributed by atoms with Gasteiger partial charge in [0, 0.05) is 23.6 Å². The van der Waals surface area contributed by atoms with E-state index in [2.05, 4.69) is 51.7 Å². The molecule has 4 nitrogen and oxygen atoms in total. The fourth-order valence-electron chi connectivity index (χ4n) is 1.81. The fourth-order valence-corrected chi connectivity index (χ4v) is 2.06. The molecule has 21 heavy (non-hydrogen) atoms. The minimum absolute atomic E-state index is 0.0106. The van der Waals surface area contributed by atoms with Gasteiger partial charge in [-0.2, -0.15) is 0 Å². The number of nitrogens with one attached hydrogen (secondary N) is 2. The second-order valence-corrected chi connectivity index (χ2v) is 7.12. The van der Waals surface area contributed by atoms with Crippen molar-refractivity contribution >= 4 is 22.0 Å². The van der Waals surface area contributed by atoms with Gasteiger partial charge in [0.05, 0.1) is 0 Å². The van der Waals surface area contributed by atoms with E-state index >= 15 is 0 Å². The Morgan fingerprint density at radius 3 is 2.62 bits per heavy atom. The Morgan fingerprint density at radius 2 is 2.05 bits per heavy atom. The highest BCUT2D eigenvalue weighted by atomic mass is 79.9. The first-order valence-electron chi connectivity index (χ1n) is 7.12. The van der Waals surface area contributed by atoms with Gasteiger partial charge in [-0.1, -0.05) is 28.1 Å². The van der Waals surface area contributed by atoms with Crippen molar-refractivity contribution in [3.63, 3.8) is 0 Å².